The Hall–Kier alpha value is -6.78. The molecule has 0 atom stereocenters. The maximum Gasteiger partial charge on any atom is 0.235 e. The van der Waals surface area contributed by atoms with E-state index in [2.05, 4.69) is 179 Å². The molecule has 0 bridgehead atoms. The minimum absolute atomic E-state index is 0.666. The summed E-state index contributed by atoms with van der Waals surface area (Å²) < 4.78 is 4.62. The molecule has 3 heterocycles. The van der Waals surface area contributed by atoms with Gasteiger partial charge in [-0.15, -0.1) is 0 Å². The molecule has 0 aliphatic heterocycles. The lowest BCUT2D eigenvalue weighted by Gasteiger charge is -2.12. The van der Waals surface area contributed by atoms with Gasteiger partial charge in [-0.05, 0) is 70.1 Å². The van der Waals surface area contributed by atoms with Gasteiger partial charge in [-0.2, -0.15) is 0 Å². The molecule has 11 aromatic rings. The third-order valence-electron chi connectivity index (χ3n) is 10.3. The molecule has 232 valence electrons. The van der Waals surface area contributed by atoms with Gasteiger partial charge in [0, 0.05) is 38.2 Å². The summed E-state index contributed by atoms with van der Waals surface area (Å²) in [5.41, 5.74) is 8.58. The zero-order chi connectivity index (χ0) is 32.8. The van der Waals surface area contributed by atoms with Crippen LogP contribution in [0.1, 0.15) is 0 Å². The van der Waals surface area contributed by atoms with Gasteiger partial charge in [0.2, 0.25) is 5.95 Å². The average molecular weight is 637 g/mol. The molecule has 0 radical (unpaired) electrons. The van der Waals surface area contributed by atoms with Crippen molar-refractivity contribution in [2.75, 3.05) is 0 Å². The molecular weight excluding hydrogens is 609 g/mol. The Morgan fingerprint density at radius 2 is 0.980 bits per heavy atom. The molecule has 50 heavy (non-hydrogen) atoms. The Morgan fingerprint density at radius 3 is 1.84 bits per heavy atom. The van der Waals surface area contributed by atoms with Crippen molar-refractivity contribution in [3.05, 3.63) is 170 Å². The lowest BCUT2D eigenvalue weighted by Crippen LogP contribution is -2.03. The van der Waals surface area contributed by atoms with E-state index in [0.717, 1.165) is 44.4 Å². The number of aromatic nitrogens is 4. The van der Waals surface area contributed by atoms with Gasteiger partial charge in [0.15, 0.2) is 0 Å². The summed E-state index contributed by atoms with van der Waals surface area (Å²) in [5.74, 6) is 0.666. The van der Waals surface area contributed by atoms with E-state index in [9.17, 15) is 0 Å². The van der Waals surface area contributed by atoms with E-state index in [4.69, 9.17) is 9.97 Å². The summed E-state index contributed by atoms with van der Waals surface area (Å²) in [6.07, 6.45) is 0. The van der Waals surface area contributed by atoms with Gasteiger partial charge in [-0.3, -0.25) is 4.57 Å². The standard InChI is InChI=1S/C46H28N4/c1-2-13-31-27-33(24-21-29(31)11-1)49-40-19-9-6-15-35(40)38-28-32(23-25-42(38)49)45-36-16-5-8-18-39(36)47-46(48-45)50-41-20-10-7-17-37(41)44-34-14-4-3-12-30(34)22-26-43(44)50/h1-28H. The highest BCUT2D eigenvalue weighted by Gasteiger charge is 2.20. The van der Waals surface area contributed by atoms with Gasteiger partial charge < -0.3 is 4.57 Å². The van der Waals surface area contributed by atoms with Crippen LogP contribution in [0.25, 0.3) is 99.0 Å². The van der Waals surface area contributed by atoms with Crippen LogP contribution in [0, 0.1) is 0 Å². The second-order valence-corrected chi connectivity index (χ2v) is 13.0. The molecule has 4 heteroatoms. The maximum atomic E-state index is 5.42. The zero-order valence-electron chi connectivity index (χ0n) is 27.0. The summed E-state index contributed by atoms with van der Waals surface area (Å²) in [7, 11) is 0. The molecule has 0 fully saturated rings. The summed E-state index contributed by atoms with van der Waals surface area (Å²) >= 11 is 0. The molecule has 0 saturated carbocycles. The Labute approximate surface area is 287 Å². The number of rotatable bonds is 3. The average Bonchev–Trinajstić information content (AvgIpc) is 3.70. The van der Waals surface area contributed by atoms with Gasteiger partial charge in [0.25, 0.3) is 0 Å². The van der Waals surface area contributed by atoms with E-state index in [-0.39, 0.29) is 0 Å². The molecule has 0 aliphatic carbocycles. The normalized spacial score (nSPS) is 12.0. The first-order valence-electron chi connectivity index (χ1n) is 17.0. The van der Waals surface area contributed by atoms with Crippen LogP contribution >= 0.6 is 0 Å². The Morgan fingerprint density at radius 1 is 0.360 bits per heavy atom. The Kier molecular flexibility index (Phi) is 5.63. The van der Waals surface area contributed by atoms with E-state index in [1.54, 1.807) is 0 Å². The molecule has 4 nitrogen and oxygen atoms in total. The number of benzene rings is 8. The second kappa shape index (κ2) is 10.4. The van der Waals surface area contributed by atoms with Crippen LogP contribution in [0.5, 0.6) is 0 Å². The fourth-order valence-corrected chi connectivity index (χ4v) is 8.05. The van der Waals surface area contributed by atoms with Gasteiger partial charge >= 0.3 is 0 Å². The van der Waals surface area contributed by atoms with Crippen molar-refractivity contribution in [1.29, 1.82) is 0 Å². The van der Waals surface area contributed by atoms with Crippen LogP contribution < -0.4 is 0 Å². The van der Waals surface area contributed by atoms with E-state index < -0.39 is 0 Å². The predicted octanol–water partition coefficient (Wildman–Crippen LogP) is 11.8. The molecular formula is C46H28N4. The fraction of sp³-hybridized carbons (Fsp3) is 0. The topological polar surface area (TPSA) is 35.6 Å². The van der Waals surface area contributed by atoms with Gasteiger partial charge in [-0.1, -0.05) is 121 Å². The second-order valence-electron chi connectivity index (χ2n) is 13.0. The van der Waals surface area contributed by atoms with Gasteiger partial charge in [0.1, 0.15) is 0 Å². The summed E-state index contributed by atoms with van der Waals surface area (Å²) in [6, 6.07) is 60.7. The van der Waals surface area contributed by atoms with Crippen LogP contribution in [0.15, 0.2) is 170 Å². The third kappa shape index (κ3) is 3.87. The fourth-order valence-electron chi connectivity index (χ4n) is 8.05. The molecule has 8 aromatic carbocycles. The van der Waals surface area contributed by atoms with Crippen molar-refractivity contribution in [3.63, 3.8) is 0 Å². The lowest BCUT2D eigenvalue weighted by atomic mass is 10.0. The minimum Gasteiger partial charge on any atom is -0.309 e. The monoisotopic (exact) mass is 636 g/mol. The minimum atomic E-state index is 0.666. The van der Waals surface area contributed by atoms with E-state index in [1.807, 2.05) is 0 Å². The molecule has 0 amide bonds. The molecule has 11 rings (SSSR count). The highest BCUT2D eigenvalue weighted by atomic mass is 15.2. The van der Waals surface area contributed by atoms with Crippen LogP contribution in [0.2, 0.25) is 0 Å². The van der Waals surface area contributed by atoms with Crippen molar-refractivity contribution in [2.24, 2.45) is 0 Å². The molecule has 0 unspecified atom stereocenters. The van der Waals surface area contributed by atoms with Crippen molar-refractivity contribution in [2.45, 2.75) is 0 Å². The Bertz CT molecular complexity index is 3160. The van der Waals surface area contributed by atoms with E-state index >= 15 is 0 Å². The number of fused-ring (bicyclic) bond motifs is 10. The highest BCUT2D eigenvalue weighted by molar-refractivity contribution is 6.21. The van der Waals surface area contributed by atoms with Crippen molar-refractivity contribution >= 4 is 76.1 Å². The number of nitrogens with zero attached hydrogens (tertiary/aromatic N) is 4. The SMILES string of the molecule is c1ccc2cc(-n3c4ccccc4c4cc(-c5nc(-n6c7ccccc7c7c8ccccc8ccc76)nc6ccccc56)ccc43)ccc2c1. The number of para-hydroxylation sites is 3. The summed E-state index contributed by atoms with van der Waals surface area (Å²) in [4.78, 5) is 10.6. The first kappa shape index (κ1) is 27.2. The van der Waals surface area contributed by atoms with Gasteiger partial charge in [-0.25, -0.2) is 9.97 Å². The number of hydrogen-bond donors (Lipinski definition) is 0. The number of hydrogen-bond acceptors (Lipinski definition) is 2. The van der Waals surface area contributed by atoms with Crippen LogP contribution in [0.4, 0.5) is 0 Å². The highest BCUT2D eigenvalue weighted by Crippen LogP contribution is 2.39. The quantitative estimate of drug-likeness (QED) is 0.193. The molecule has 0 spiro atoms. The van der Waals surface area contributed by atoms with Crippen LogP contribution in [0.3, 0.4) is 0 Å². The third-order valence-corrected chi connectivity index (χ3v) is 10.3. The Balaban J connectivity index is 1.18. The smallest absolute Gasteiger partial charge is 0.235 e. The van der Waals surface area contributed by atoms with E-state index in [0.29, 0.717) is 5.95 Å². The van der Waals surface area contributed by atoms with Gasteiger partial charge in [0.05, 0.1) is 33.3 Å². The molecule has 0 saturated heterocycles. The van der Waals surface area contributed by atoms with Crippen molar-refractivity contribution in [3.8, 4) is 22.9 Å². The lowest BCUT2D eigenvalue weighted by molar-refractivity contribution is 1.01. The first-order valence-corrected chi connectivity index (χ1v) is 17.0. The molecule has 0 aliphatic rings. The molecule has 0 N–H and O–H groups in total. The first-order chi connectivity index (χ1) is 24.8. The molecule has 3 aromatic heterocycles. The maximum absolute atomic E-state index is 5.42. The van der Waals surface area contributed by atoms with Crippen LogP contribution in [-0.2, 0) is 0 Å². The largest absolute Gasteiger partial charge is 0.309 e. The van der Waals surface area contributed by atoms with Crippen molar-refractivity contribution in [1.82, 2.24) is 19.1 Å². The zero-order valence-corrected chi connectivity index (χ0v) is 27.0. The summed E-state index contributed by atoms with van der Waals surface area (Å²) in [5, 5.41) is 10.8. The van der Waals surface area contributed by atoms with E-state index in [1.165, 1.54) is 48.6 Å². The summed E-state index contributed by atoms with van der Waals surface area (Å²) in [6.45, 7) is 0. The van der Waals surface area contributed by atoms with Crippen LogP contribution in [-0.4, -0.2) is 19.1 Å². The predicted molar refractivity (Wildman–Crippen MR) is 209 cm³/mol. The van der Waals surface area contributed by atoms with Crippen molar-refractivity contribution < 1.29 is 0 Å².